The van der Waals surface area contributed by atoms with Gasteiger partial charge >= 0.3 is 0 Å². The number of aromatic nitrogens is 2. The number of imidazole rings is 1. The fourth-order valence-corrected chi connectivity index (χ4v) is 1.87. The minimum Gasteiger partial charge on any atom is -0.492 e. The predicted molar refractivity (Wildman–Crippen MR) is 76.2 cm³/mol. The third kappa shape index (κ3) is 4.41. The van der Waals surface area contributed by atoms with E-state index in [-0.39, 0.29) is 0 Å². The van der Waals surface area contributed by atoms with Crippen molar-refractivity contribution >= 4 is 0 Å². The summed E-state index contributed by atoms with van der Waals surface area (Å²) in [5.74, 6) is 0.910. The van der Waals surface area contributed by atoms with E-state index in [1.807, 2.05) is 42.9 Å². The summed E-state index contributed by atoms with van der Waals surface area (Å²) in [4.78, 5) is 4.19. The molecule has 1 heterocycles. The van der Waals surface area contributed by atoms with Crippen LogP contribution >= 0.6 is 0 Å². The third-order valence-corrected chi connectivity index (χ3v) is 2.88. The SMILES string of the molecule is CCCNCc1cncn1CCOc1ccccc1. The van der Waals surface area contributed by atoms with Gasteiger partial charge in [0.1, 0.15) is 12.4 Å². The molecule has 19 heavy (non-hydrogen) atoms. The number of hydrogen-bond donors (Lipinski definition) is 1. The van der Waals surface area contributed by atoms with E-state index in [1.165, 1.54) is 5.69 Å². The molecule has 102 valence electrons. The second-order valence-corrected chi connectivity index (χ2v) is 4.42. The predicted octanol–water partition coefficient (Wildman–Crippen LogP) is 2.46. The number of ether oxygens (including phenoxy) is 1. The highest BCUT2D eigenvalue weighted by atomic mass is 16.5. The van der Waals surface area contributed by atoms with Crippen LogP contribution in [-0.2, 0) is 13.1 Å². The van der Waals surface area contributed by atoms with Crippen LogP contribution in [0, 0.1) is 0 Å². The fourth-order valence-electron chi connectivity index (χ4n) is 1.87. The summed E-state index contributed by atoms with van der Waals surface area (Å²) in [5, 5.41) is 3.38. The van der Waals surface area contributed by atoms with E-state index in [0.717, 1.165) is 31.8 Å². The Morgan fingerprint density at radius 1 is 1.26 bits per heavy atom. The standard InChI is InChI=1S/C15H21N3O/c1-2-8-16-11-14-12-17-13-18(14)9-10-19-15-6-4-3-5-7-15/h3-7,12-13,16H,2,8-11H2,1H3. The van der Waals surface area contributed by atoms with E-state index in [4.69, 9.17) is 4.74 Å². The van der Waals surface area contributed by atoms with Crippen LogP contribution in [0.5, 0.6) is 5.75 Å². The van der Waals surface area contributed by atoms with Gasteiger partial charge in [-0.2, -0.15) is 0 Å². The van der Waals surface area contributed by atoms with Gasteiger partial charge in [0.15, 0.2) is 0 Å². The van der Waals surface area contributed by atoms with E-state index in [0.29, 0.717) is 6.61 Å². The van der Waals surface area contributed by atoms with E-state index in [1.54, 1.807) is 0 Å². The van der Waals surface area contributed by atoms with Crippen LogP contribution in [-0.4, -0.2) is 22.7 Å². The number of benzene rings is 1. The molecule has 0 aliphatic heterocycles. The van der Waals surface area contributed by atoms with Crippen LogP contribution in [0.4, 0.5) is 0 Å². The van der Waals surface area contributed by atoms with E-state index in [9.17, 15) is 0 Å². The van der Waals surface area contributed by atoms with Gasteiger partial charge in [-0.15, -0.1) is 0 Å². The number of nitrogens with zero attached hydrogens (tertiary/aromatic N) is 2. The Kier molecular flexibility index (Phi) is 5.44. The lowest BCUT2D eigenvalue weighted by Gasteiger charge is -2.10. The smallest absolute Gasteiger partial charge is 0.119 e. The molecule has 4 heteroatoms. The zero-order valence-electron chi connectivity index (χ0n) is 11.4. The third-order valence-electron chi connectivity index (χ3n) is 2.88. The Balaban J connectivity index is 1.78. The molecule has 0 aliphatic rings. The first-order chi connectivity index (χ1) is 9.40. The summed E-state index contributed by atoms with van der Waals surface area (Å²) in [7, 11) is 0. The van der Waals surface area contributed by atoms with Crippen molar-refractivity contribution in [3.05, 3.63) is 48.5 Å². The maximum atomic E-state index is 5.69. The average Bonchev–Trinajstić information content (AvgIpc) is 2.88. The highest BCUT2D eigenvalue weighted by molar-refractivity contribution is 5.20. The molecule has 0 saturated heterocycles. The van der Waals surface area contributed by atoms with Crippen molar-refractivity contribution < 1.29 is 4.74 Å². The van der Waals surface area contributed by atoms with Crippen molar-refractivity contribution in [2.75, 3.05) is 13.2 Å². The first-order valence-corrected chi connectivity index (χ1v) is 6.77. The van der Waals surface area contributed by atoms with Crippen molar-refractivity contribution in [3.63, 3.8) is 0 Å². The first kappa shape index (κ1) is 13.6. The maximum absolute atomic E-state index is 5.69. The maximum Gasteiger partial charge on any atom is 0.119 e. The second-order valence-electron chi connectivity index (χ2n) is 4.42. The van der Waals surface area contributed by atoms with Gasteiger partial charge < -0.3 is 14.6 Å². The van der Waals surface area contributed by atoms with Crippen LogP contribution in [0.1, 0.15) is 19.0 Å². The van der Waals surface area contributed by atoms with Gasteiger partial charge in [-0.1, -0.05) is 25.1 Å². The first-order valence-electron chi connectivity index (χ1n) is 6.77. The van der Waals surface area contributed by atoms with Gasteiger partial charge in [0, 0.05) is 12.7 Å². The molecular weight excluding hydrogens is 238 g/mol. The molecule has 0 saturated carbocycles. The van der Waals surface area contributed by atoms with Gasteiger partial charge in [0.05, 0.1) is 18.6 Å². The Morgan fingerprint density at radius 3 is 2.89 bits per heavy atom. The van der Waals surface area contributed by atoms with Crippen molar-refractivity contribution in [3.8, 4) is 5.75 Å². The monoisotopic (exact) mass is 259 g/mol. The normalized spacial score (nSPS) is 10.6. The lowest BCUT2D eigenvalue weighted by molar-refractivity contribution is 0.296. The summed E-state index contributed by atoms with van der Waals surface area (Å²) in [6.45, 7) is 5.53. The zero-order valence-corrected chi connectivity index (χ0v) is 11.4. The van der Waals surface area contributed by atoms with E-state index >= 15 is 0 Å². The molecule has 1 aromatic heterocycles. The van der Waals surface area contributed by atoms with E-state index in [2.05, 4.69) is 21.8 Å². The molecule has 0 unspecified atom stereocenters. The Hall–Kier alpha value is -1.81. The zero-order chi connectivity index (χ0) is 13.3. The Morgan fingerprint density at radius 2 is 2.11 bits per heavy atom. The average molecular weight is 259 g/mol. The number of rotatable bonds is 8. The van der Waals surface area contributed by atoms with Crippen molar-refractivity contribution in [1.82, 2.24) is 14.9 Å². The van der Waals surface area contributed by atoms with Crippen molar-refractivity contribution in [2.45, 2.75) is 26.4 Å². The van der Waals surface area contributed by atoms with Crippen LogP contribution in [0.3, 0.4) is 0 Å². The molecule has 0 radical (unpaired) electrons. The highest BCUT2D eigenvalue weighted by Crippen LogP contribution is 2.08. The van der Waals surface area contributed by atoms with Gasteiger partial charge in [-0.3, -0.25) is 0 Å². The fraction of sp³-hybridized carbons (Fsp3) is 0.400. The minimum atomic E-state index is 0.654. The summed E-state index contributed by atoms with van der Waals surface area (Å²) in [6, 6.07) is 9.88. The summed E-state index contributed by atoms with van der Waals surface area (Å²) < 4.78 is 7.82. The molecule has 0 fully saturated rings. The largest absolute Gasteiger partial charge is 0.492 e. The number of nitrogens with one attached hydrogen (secondary N) is 1. The van der Waals surface area contributed by atoms with Crippen molar-refractivity contribution in [1.29, 1.82) is 0 Å². The molecule has 4 nitrogen and oxygen atoms in total. The van der Waals surface area contributed by atoms with Gasteiger partial charge in [-0.05, 0) is 25.1 Å². The van der Waals surface area contributed by atoms with Crippen LogP contribution < -0.4 is 10.1 Å². The van der Waals surface area contributed by atoms with Gasteiger partial charge in [0.25, 0.3) is 0 Å². The molecule has 2 aromatic rings. The summed E-state index contributed by atoms with van der Waals surface area (Å²) in [6.07, 6.45) is 4.91. The van der Waals surface area contributed by atoms with Gasteiger partial charge in [-0.25, -0.2) is 4.98 Å². The molecule has 0 bridgehead atoms. The van der Waals surface area contributed by atoms with Crippen LogP contribution in [0.2, 0.25) is 0 Å². The minimum absolute atomic E-state index is 0.654. The van der Waals surface area contributed by atoms with Crippen molar-refractivity contribution in [2.24, 2.45) is 0 Å². The molecule has 1 N–H and O–H groups in total. The molecule has 2 rings (SSSR count). The number of hydrogen-bond acceptors (Lipinski definition) is 3. The molecule has 0 amide bonds. The summed E-state index contributed by atoms with van der Waals surface area (Å²) in [5.41, 5.74) is 1.20. The lowest BCUT2D eigenvalue weighted by atomic mass is 10.3. The van der Waals surface area contributed by atoms with Crippen LogP contribution in [0.25, 0.3) is 0 Å². The van der Waals surface area contributed by atoms with Gasteiger partial charge in [0.2, 0.25) is 0 Å². The Bertz CT molecular complexity index is 467. The number of para-hydroxylation sites is 1. The summed E-state index contributed by atoms with van der Waals surface area (Å²) >= 11 is 0. The molecule has 0 atom stereocenters. The molecule has 1 aromatic carbocycles. The van der Waals surface area contributed by atoms with Crippen LogP contribution in [0.15, 0.2) is 42.9 Å². The molecule has 0 aliphatic carbocycles. The quantitative estimate of drug-likeness (QED) is 0.740. The lowest BCUT2D eigenvalue weighted by Crippen LogP contribution is -2.18. The second kappa shape index (κ2) is 7.59. The Labute approximate surface area is 114 Å². The van der Waals surface area contributed by atoms with E-state index < -0.39 is 0 Å². The molecular formula is C15H21N3O. The molecule has 0 spiro atoms. The topological polar surface area (TPSA) is 39.1 Å². The highest BCUT2D eigenvalue weighted by Gasteiger charge is 2.01.